The monoisotopic (exact) mass is 564 g/mol. The van der Waals surface area contributed by atoms with Crippen molar-refractivity contribution in [2.45, 2.75) is 56.7 Å². The van der Waals surface area contributed by atoms with E-state index in [1.54, 1.807) is 0 Å². The van der Waals surface area contributed by atoms with E-state index in [1.807, 2.05) is 22.9 Å². The molecular formula is C34H40N4O2Si. The molecule has 0 saturated heterocycles. The molecule has 6 rings (SSSR count). The summed E-state index contributed by atoms with van der Waals surface area (Å²) in [6, 6.07) is 24.5. The van der Waals surface area contributed by atoms with E-state index in [-0.39, 0.29) is 11.8 Å². The Bertz CT molecular complexity index is 1620. The summed E-state index contributed by atoms with van der Waals surface area (Å²) >= 11 is 0. The quantitative estimate of drug-likeness (QED) is 0.167. The average molecular weight is 565 g/mol. The molecule has 0 bridgehead atoms. The third-order valence-corrected chi connectivity index (χ3v) is 10.1. The van der Waals surface area contributed by atoms with Gasteiger partial charge in [0.2, 0.25) is 5.91 Å². The maximum Gasteiger partial charge on any atom is 0.235 e. The summed E-state index contributed by atoms with van der Waals surface area (Å²) in [5, 5.41) is 9.19. The van der Waals surface area contributed by atoms with E-state index in [9.17, 15) is 4.79 Å². The fourth-order valence-electron chi connectivity index (χ4n) is 6.01. The normalized spacial score (nSPS) is 20.0. The Morgan fingerprint density at radius 2 is 1.85 bits per heavy atom. The summed E-state index contributed by atoms with van der Waals surface area (Å²) in [4.78, 5) is 15.3. The molecule has 1 aliphatic heterocycles. The first-order valence-electron chi connectivity index (χ1n) is 14.5. The van der Waals surface area contributed by atoms with Crippen LogP contribution in [0.2, 0.25) is 25.7 Å². The predicted molar refractivity (Wildman–Crippen MR) is 171 cm³/mol. The number of benzene rings is 3. The number of aromatic nitrogens is 2. The first-order chi connectivity index (χ1) is 19.6. The van der Waals surface area contributed by atoms with Crippen LogP contribution in [0, 0.1) is 0 Å². The lowest BCUT2D eigenvalue weighted by atomic mass is 9.92. The Balaban J connectivity index is 1.29. The fraction of sp³-hybridized carbons (Fsp3) is 0.353. The van der Waals surface area contributed by atoms with Crippen molar-refractivity contribution in [1.29, 1.82) is 0 Å². The minimum absolute atomic E-state index is 0.118. The Labute approximate surface area is 244 Å². The van der Waals surface area contributed by atoms with Crippen LogP contribution >= 0.6 is 0 Å². The zero-order valence-electron chi connectivity index (χ0n) is 24.8. The van der Waals surface area contributed by atoms with Gasteiger partial charge >= 0.3 is 0 Å². The SMILES string of the molecule is CN(C)Cc1ccc(/C=C/c2nn(COCC[Si](C)(C)C)c3cc(C4CC45C(=O)Nc4ccccc45)ccc23)cc1. The number of nitrogens with one attached hydrogen (secondary N) is 1. The van der Waals surface area contributed by atoms with Gasteiger partial charge in [-0.3, -0.25) is 4.79 Å². The first kappa shape index (κ1) is 27.6. The van der Waals surface area contributed by atoms with Gasteiger partial charge in [-0.1, -0.05) is 80.3 Å². The van der Waals surface area contributed by atoms with E-state index in [0.717, 1.165) is 59.0 Å². The molecule has 1 spiro atoms. The van der Waals surface area contributed by atoms with Crippen LogP contribution in [0.25, 0.3) is 23.1 Å². The van der Waals surface area contributed by atoms with Crippen LogP contribution in [0.1, 0.15) is 40.3 Å². The number of fused-ring (bicyclic) bond motifs is 3. The zero-order valence-corrected chi connectivity index (χ0v) is 25.8. The van der Waals surface area contributed by atoms with Crippen LogP contribution in [0.5, 0.6) is 0 Å². The van der Waals surface area contributed by atoms with Crippen LogP contribution in [-0.4, -0.2) is 49.4 Å². The topological polar surface area (TPSA) is 59.4 Å². The van der Waals surface area contributed by atoms with E-state index in [4.69, 9.17) is 9.84 Å². The Morgan fingerprint density at radius 1 is 1.07 bits per heavy atom. The van der Waals surface area contributed by atoms with Gasteiger partial charge in [-0.2, -0.15) is 5.10 Å². The van der Waals surface area contributed by atoms with Gasteiger partial charge in [0.15, 0.2) is 0 Å². The van der Waals surface area contributed by atoms with E-state index in [2.05, 4.69) is 105 Å². The fourth-order valence-corrected chi connectivity index (χ4v) is 6.77. The number of nitrogens with zero attached hydrogens (tertiary/aromatic N) is 3. The van der Waals surface area contributed by atoms with Gasteiger partial charge in [0.05, 0.1) is 16.6 Å². The standard InChI is InChI=1S/C34H40N4O2Si/c1-37(2)22-25-12-10-24(11-13-25)14-17-30-27-16-15-26(20-32(27)38(36-30)23-40-18-19-41(3,4)5)29-21-34(29)28-8-6-7-9-31(28)35-33(34)39/h6-17,20,29H,18-19,21-23H2,1-5H3,(H,35,39)/b17-14+. The molecule has 1 N–H and O–H groups in total. The maximum absolute atomic E-state index is 13.1. The van der Waals surface area contributed by atoms with Crippen molar-refractivity contribution in [1.82, 2.24) is 14.7 Å². The molecule has 2 heterocycles. The van der Waals surface area contributed by atoms with Gasteiger partial charge in [-0.15, -0.1) is 0 Å². The minimum Gasteiger partial charge on any atom is -0.360 e. The zero-order chi connectivity index (χ0) is 28.8. The third kappa shape index (κ3) is 5.54. The van der Waals surface area contributed by atoms with E-state index in [1.165, 1.54) is 11.1 Å². The molecular weight excluding hydrogens is 524 g/mol. The molecule has 1 aliphatic carbocycles. The van der Waals surface area contributed by atoms with Crippen molar-refractivity contribution in [3.8, 4) is 0 Å². The van der Waals surface area contributed by atoms with Gasteiger partial charge < -0.3 is 15.0 Å². The number of anilines is 1. The molecule has 212 valence electrons. The summed E-state index contributed by atoms with van der Waals surface area (Å²) in [6.45, 7) is 9.18. The predicted octanol–water partition coefficient (Wildman–Crippen LogP) is 6.96. The highest BCUT2D eigenvalue weighted by Gasteiger charge is 2.65. The van der Waals surface area contributed by atoms with Crippen LogP contribution in [0.4, 0.5) is 5.69 Å². The number of rotatable bonds is 10. The summed E-state index contributed by atoms with van der Waals surface area (Å²) in [5.41, 5.74) is 7.20. The van der Waals surface area contributed by atoms with Crippen molar-refractivity contribution < 1.29 is 9.53 Å². The van der Waals surface area contributed by atoms with Crippen LogP contribution in [0.3, 0.4) is 0 Å². The lowest BCUT2D eigenvalue weighted by Crippen LogP contribution is -2.22. The second kappa shape index (κ2) is 10.7. The van der Waals surface area contributed by atoms with E-state index >= 15 is 0 Å². The van der Waals surface area contributed by atoms with Gasteiger partial charge in [-0.25, -0.2) is 4.68 Å². The lowest BCUT2D eigenvalue weighted by molar-refractivity contribution is -0.118. The molecule has 6 nitrogen and oxygen atoms in total. The van der Waals surface area contributed by atoms with Gasteiger partial charge in [0.25, 0.3) is 0 Å². The van der Waals surface area contributed by atoms with Gasteiger partial charge in [-0.05, 0) is 67.0 Å². The van der Waals surface area contributed by atoms with Gasteiger partial charge in [0.1, 0.15) is 6.73 Å². The lowest BCUT2D eigenvalue weighted by Gasteiger charge is -2.15. The second-order valence-corrected chi connectivity index (χ2v) is 18.7. The second-order valence-electron chi connectivity index (χ2n) is 13.0. The minimum atomic E-state index is -1.18. The summed E-state index contributed by atoms with van der Waals surface area (Å²) in [7, 11) is 2.98. The third-order valence-electron chi connectivity index (χ3n) is 8.35. The van der Waals surface area contributed by atoms with Crippen molar-refractivity contribution in [2.75, 3.05) is 26.0 Å². The van der Waals surface area contributed by atoms with Crippen molar-refractivity contribution in [3.05, 3.63) is 94.7 Å². The highest BCUT2D eigenvalue weighted by atomic mass is 28.3. The molecule has 7 heteroatoms. The molecule has 41 heavy (non-hydrogen) atoms. The number of amides is 1. The number of hydrogen-bond donors (Lipinski definition) is 1. The highest BCUT2D eigenvalue weighted by Crippen LogP contribution is 2.65. The molecule has 2 atom stereocenters. The molecule has 1 amide bonds. The number of ether oxygens (including phenoxy) is 1. The molecule has 1 saturated carbocycles. The van der Waals surface area contributed by atoms with Gasteiger partial charge in [0, 0.05) is 38.2 Å². The number of carbonyl (C=O) groups is 1. The van der Waals surface area contributed by atoms with Crippen LogP contribution in [-0.2, 0) is 28.2 Å². The number of carbonyl (C=O) groups excluding carboxylic acids is 1. The van der Waals surface area contributed by atoms with Crippen LogP contribution in [0.15, 0.2) is 66.7 Å². The Hall–Kier alpha value is -3.52. The maximum atomic E-state index is 13.1. The smallest absolute Gasteiger partial charge is 0.235 e. The summed E-state index contributed by atoms with van der Waals surface area (Å²) in [5.74, 6) is 0.276. The molecule has 1 aromatic heterocycles. The van der Waals surface area contributed by atoms with Crippen LogP contribution < -0.4 is 5.32 Å². The van der Waals surface area contributed by atoms with E-state index < -0.39 is 13.5 Å². The highest BCUT2D eigenvalue weighted by molar-refractivity contribution is 6.76. The largest absolute Gasteiger partial charge is 0.360 e. The summed E-state index contributed by atoms with van der Waals surface area (Å²) in [6.07, 6.45) is 5.06. The molecule has 3 aromatic carbocycles. The van der Waals surface area contributed by atoms with Crippen molar-refractivity contribution >= 4 is 42.7 Å². The average Bonchev–Trinajstić information content (AvgIpc) is 3.51. The first-order valence-corrected chi connectivity index (χ1v) is 18.3. The molecule has 2 unspecified atom stereocenters. The van der Waals surface area contributed by atoms with Crippen molar-refractivity contribution in [2.24, 2.45) is 0 Å². The molecule has 0 radical (unpaired) electrons. The Kier molecular flexibility index (Phi) is 7.22. The van der Waals surface area contributed by atoms with E-state index in [0.29, 0.717) is 6.73 Å². The number of para-hydroxylation sites is 1. The molecule has 4 aromatic rings. The van der Waals surface area contributed by atoms with Crippen molar-refractivity contribution in [3.63, 3.8) is 0 Å². The molecule has 2 aliphatic rings. The molecule has 1 fully saturated rings. The number of hydrogen-bond acceptors (Lipinski definition) is 4. The summed E-state index contributed by atoms with van der Waals surface area (Å²) < 4.78 is 8.13. The Morgan fingerprint density at radius 3 is 2.61 bits per heavy atom.